The zero-order chi connectivity index (χ0) is 31.7. The van der Waals surface area contributed by atoms with Gasteiger partial charge in [0.1, 0.15) is 6.61 Å². The fourth-order valence-electron chi connectivity index (χ4n) is 7.03. The monoisotopic (exact) mass is 625 g/mol. The SMILES string of the molecule is C=CCOC(=O)NCc1ccccc1-c1ccc(C2OC(CN3CCCC3CN3CCCC3)CC(c3ccc(CO)cc3)O2)cc1. The Kier molecular flexibility index (Phi) is 11.2. The number of likely N-dealkylation sites (tertiary alicyclic amines) is 2. The number of aliphatic hydroxyl groups excluding tert-OH is 1. The van der Waals surface area contributed by atoms with E-state index in [4.69, 9.17) is 14.2 Å². The van der Waals surface area contributed by atoms with Gasteiger partial charge in [-0.25, -0.2) is 4.79 Å². The van der Waals surface area contributed by atoms with Crippen LogP contribution in [0.1, 0.15) is 66.8 Å². The highest BCUT2D eigenvalue weighted by molar-refractivity contribution is 5.70. The second kappa shape index (κ2) is 15.8. The summed E-state index contributed by atoms with van der Waals surface area (Å²) in [4.78, 5) is 17.3. The molecule has 0 spiro atoms. The minimum absolute atomic E-state index is 0.0263. The van der Waals surface area contributed by atoms with Crippen molar-refractivity contribution in [2.45, 2.75) is 69.8 Å². The molecule has 8 heteroatoms. The minimum Gasteiger partial charge on any atom is -0.445 e. The molecule has 4 atom stereocenters. The normalized spacial score (nSPS) is 23.8. The van der Waals surface area contributed by atoms with Crippen molar-refractivity contribution in [1.82, 2.24) is 15.1 Å². The quantitative estimate of drug-likeness (QED) is 0.227. The van der Waals surface area contributed by atoms with E-state index < -0.39 is 12.4 Å². The van der Waals surface area contributed by atoms with E-state index in [9.17, 15) is 9.90 Å². The summed E-state index contributed by atoms with van der Waals surface area (Å²) in [5, 5.41) is 12.4. The van der Waals surface area contributed by atoms with E-state index in [1.165, 1.54) is 38.8 Å². The summed E-state index contributed by atoms with van der Waals surface area (Å²) in [5.41, 5.74) is 6.06. The van der Waals surface area contributed by atoms with E-state index in [1.807, 2.05) is 30.3 Å². The van der Waals surface area contributed by atoms with Crippen LogP contribution in [-0.4, -0.2) is 72.5 Å². The van der Waals surface area contributed by atoms with Crippen molar-refractivity contribution < 1.29 is 24.1 Å². The summed E-state index contributed by atoms with van der Waals surface area (Å²) in [6.45, 7) is 9.78. The van der Waals surface area contributed by atoms with Gasteiger partial charge in [0, 0.05) is 37.7 Å². The smallest absolute Gasteiger partial charge is 0.407 e. The fourth-order valence-corrected chi connectivity index (χ4v) is 7.03. The Bertz CT molecular complexity index is 1420. The molecule has 0 saturated carbocycles. The van der Waals surface area contributed by atoms with E-state index in [0.717, 1.165) is 59.4 Å². The minimum atomic E-state index is -0.494. The van der Waals surface area contributed by atoms with Crippen LogP contribution in [0.5, 0.6) is 0 Å². The van der Waals surface area contributed by atoms with Crippen LogP contribution in [0.3, 0.4) is 0 Å². The number of nitrogens with one attached hydrogen (secondary N) is 1. The molecule has 3 saturated heterocycles. The highest BCUT2D eigenvalue weighted by Crippen LogP contribution is 2.39. The largest absolute Gasteiger partial charge is 0.445 e. The van der Waals surface area contributed by atoms with Crippen molar-refractivity contribution in [3.05, 3.63) is 108 Å². The first-order valence-corrected chi connectivity index (χ1v) is 16.8. The van der Waals surface area contributed by atoms with Gasteiger partial charge in [-0.05, 0) is 73.1 Å². The van der Waals surface area contributed by atoms with Crippen LogP contribution in [-0.2, 0) is 27.4 Å². The standard InChI is InChI=1S/C38H47N3O5/c1-2-22-44-38(43)39-24-32-8-3-4-10-35(32)29-15-17-31(18-16-29)37-45-34(23-36(46-37)30-13-11-28(27-42)12-14-30)26-41-21-7-9-33(41)25-40-19-5-6-20-40/h2-4,8,10-18,33-34,36-37,42H,1,5-7,9,19-27H2,(H,39,43). The molecule has 3 heterocycles. The number of aliphatic hydroxyl groups is 1. The zero-order valence-corrected chi connectivity index (χ0v) is 26.7. The number of rotatable bonds is 12. The Hall–Kier alpha value is -3.53. The van der Waals surface area contributed by atoms with Crippen LogP contribution in [0.25, 0.3) is 11.1 Å². The van der Waals surface area contributed by atoms with Crippen molar-refractivity contribution in [3.8, 4) is 11.1 Å². The molecule has 244 valence electrons. The first-order chi connectivity index (χ1) is 22.6. The molecule has 6 rings (SSSR count). The van der Waals surface area contributed by atoms with Gasteiger partial charge in [-0.15, -0.1) is 0 Å². The van der Waals surface area contributed by atoms with Crippen LogP contribution < -0.4 is 5.32 Å². The van der Waals surface area contributed by atoms with Crippen LogP contribution in [0.15, 0.2) is 85.5 Å². The van der Waals surface area contributed by atoms with Crippen molar-refractivity contribution in [3.63, 3.8) is 0 Å². The van der Waals surface area contributed by atoms with E-state index in [-0.39, 0.29) is 25.4 Å². The Morgan fingerprint density at radius 2 is 1.70 bits per heavy atom. The van der Waals surface area contributed by atoms with Gasteiger partial charge in [0.2, 0.25) is 0 Å². The van der Waals surface area contributed by atoms with Crippen molar-refractivity contribution in [1.29, 1.82) is 0 Å². The van der Waals surface area contributed by atoms with Gasteiger partial charge in [-0.3, -0.25) is 4.90 Å². The Balaban J connectivity index is 1.18. The maximum Gasteiger partial charge on any atom is 0.407 e. The second-order valence-corrected chi connectivity index (χ2v) is 12.7. The maximum atomic E-state index is 12.0. The summed E-state index contributed by atoms with van der Waals surface area (Å²) < 4.78 is 18.4. The molecule has 0 radical (unpaired) electrons. The van der Waals surface area contributed by atoms with Gasteiger partial charge >= 0.3 is 6.09 Å². The number of nitrogens with zero attached hydrogens (tertiary/aromatic N) is 2. The summed E-state index contributed by atoms with van der Waals surface area (Å²) in [5.74, 6) is 0. The molecule has 3 fully saturated rings. The molecule has 2 N–H and O–H groups in total. The van der Waals surface area contributed by atoms with Crippen LogP contribution >= 0.6 is 0 Å². The summed E-state index contributed by atoms with van der Waals surface area (Å²) >= 11 is 0. The molecule has 0 aliphatic carbocycles. The number of hydrogen-bond acceptors (Lipinski definition) is 7. The van der Waals surface area contributed by atoms with Gasteiger partial charge < -0.3 is 29.5 Å². The molecular formula is C38H47N3O5. The number of benzene rings is 3. The summed E-state index contributed by atoms with van der Waals surface area (Å²) in [7, 11) is 0. The van der Waals surface area contributed by atoms with E-state index in [1.54, 1.807) is 6.08 Å². The fraction of sp³-hybridized carbons (Fsp3) is 0.447. The number of hydrogen-bond donors (Lipinski definition) is 2. The Morgan fingerprint density at radius 1 is 0.935 bits per heavy atom. The highest BCUT2D eigenvalue weighted by Gasteiger charge is 2.36. The first kappa shape index (κ1) is 32.4. The van der Waals surface area contributed by atoms with Gasteiger partial charge in [0.25, 0.3) is 0 Å². The number of amides is 1. The lowest BCUT2D eigenvalue weighted by molar-refractivity contribution is -0.253. The van der Waals surface area contributed by atoms with E-state index in [0.29, 0.717) is 12.6 Å². The Labute approximate surface area is 273 Å². The highest BCUT2D eigenvalue weighted by atomic mass is 16.7. The van der Waals surface area contributed by atoms with Gasteiger partial charge in [0.05, 0.1) is 18.8 Å². The molecule has 3 aromatic rings. The molecule has 0 bridgehead atoms. The van der Waals surface area contributed by atoms with E-state index >= 15 is 0 Å². The molecule has 3 aliphatic rings. The molecular weight excluding hydrogens is 578 g/mol. The molecule has 8 nitrogen and oxygen atoms in total. The molecule has 0 aromatic heterocycles. The first-order valence-electron chi connectivity index (χ1n) is 16.8. The lowest BCUT2D eigenvalue weighted by atomic mass is 9.97. The van der Waals surface area contributed by atoms with Gasteiger partial charge in [0.15, 0.2) is 6.29 Å². The third-order valence-corrected chi connectivity index (χ3v) is 9.49. The number of carbonyl (C=O) groups excluding carboxylic acids is 1. The maximum absolute atomic E-state index is 12.0. The third-order valence-electron chi connectivity index (χ3n) is 9.49. The average Bonchev–Trinajstić information content (AvgIpc) is 3.79. The average molecular weight is 626 g/mol. The van der Waals surface area contributed by atoms with Gasteiger partial charge in [-0.1, -0.05) is 85.5 Å². The summed E-state index contributed by atoms with van der Waals surface area (Å²) in [6, 6.07) is 25.1. The predicted octanol–water partition coefficient (Wildman–Crippen LogP) is 6.36. The van der Waals surface area contributed by atoms with Gasteiger partial charge in [-0.2, -0.15) is 0 Å². The molecule has 46 heavy (non-hydrogen) atoms. The molecule has 3 aromatic carbocycles. The number of alkyl carbamates (subject to hydrolysis) is 1. The summed E-state index contributed by atoms with van der Waals surface area (Å²) in [6.07, 6.45) is 6.43. The van der Waals surface area contributed by atoms with E-state index in [2.05, 4.69) is 64.2 Å². The van der Waals surface area contributed by atoms with Crippen molar-refractivity contribution in [2.24, 2.45) is 0 Å². The zero-order valence-electron chi connectivity index (χ0n) is 26.7. The topological polar surface area (TPSA) is 83.5 Å². The van der Waals surface area contributed by atoms with Crippen molar-refractivity contribution in [2.75, 3.05) is 39.3 Å². The number of ether oxygens (including phenoxy) is 3. The Morgan fingerprint density at radius 3 is 2.46 bits per heavy atom. The molecule has 1 amide bonds. The lowest BCUT2D eigenvalue weighted by Crippen LogP contribution is -2.45. The predicted molar refractivity (Wildman–Crippen MR) is 179 cm³/mol. The van der Waals surface area contributed by atoms with Crippen LogP contribution in [0, 0.1) is 0 Å². The van der Waals surface area contributed by atoms with Crippen LogP contribution in [0.4, 0.5) is 4.79 Å². The third kappa shape index (κ3) is 8.24. The molecule has 3 aliphatic heterocycles. The second-order valence-electron chi connectivity index (χ2n) is 12.7. The van der Waals surface area contributed by atoms with Crippen LogP contribution in [0.2, 0.25) is 0 Å². The molecule has 4 unspecified atom stereocenters. The lowest BCUT2D eigenvalue weighted by Gasteiger charge is -2.39. The van der Waals surface area contributed by atoms with Crippen molar-refractivity contribution >= 4 is 6.09 Å². The number of carbonyl (C=O) groups is 1.